The van der Waals surface area contributed by atoms with E-state index in [9.17, 15) is 0 Å². The van der Waals surface area contributed by atoms with Crippen molar-refractivity contribution in [2.75, 3.05) is 26.8 Å². The Morgan fingerprint density at radius 3 is 3.00 bits per heavy atom. The fourth-order valence-electron chi connectivity index (χ4n) is 3.30. The van der Waals surface area contributed by atoms with Crippen molar-refractivity contribution >= 4 is 12.4 Å². The molecule has 0 N–H and O–H groups in total. The Morgan fingerprint density at radius 1 is 1.42 bits per heavy atom. The second-order valence-corrected chi connectivity index (χ2v) is 5.09. The van der Waals surface area contributed by atoms with Crippen molar-refractivity contribution in [3.05, 3.63) is 29.3 Å². The zero-order valence-corrected chi connectivity index (χ0v) is 12.4. The molecule has 0 unspecified atom stereocenters. The van der Waals surface area contributed by atoms with Crippen LogP contribution in [0, 0.1) is 0 Å². The highest BCUT2D eigenvalue weighted by atomic mass is 35.5. The molecule has 1 aliphatic heterocycles. The summed E-state index contributed by atoms with van der Waals surface area (Å²) in [7, 11) is 1.73. The van der Waals surface area contributed by atoms with Crippen LogP contribution < -0.4 is 4.74 Å². The van der Waals surface area contributed by atoms with Crippen molar-refractivity contribution in [3.63, 3.8) is 0 Å². The number of hydrogen-bond donors (Lipinski definition) is 0. The molecule has 19 heavy (non-hydrogen) atoms. The summed E-state index contributed by atoms with van der Waals surface area (Å²) < 4.78 is 11.3. The number of morpholine rings is 1. The normalized spacial score (nSPS) is 26.0. The van der Waals surface area contributed by atoms with Gasteiger partial charge in [-0.25, -0.2) is 0 Å². The van der Waals surface area contributed by atoms with E-state index in [1.54, 1.807) is 7.11 Å². The molecule has 3 nitrogen and oxygen atoms in total. The Labute approximate surface area is 121 Å². The van der Waals surface area contributed by atoms with Crippen molar-refractivity contribution in [3.8, 4) is 5.75 Å². The van der Waals surface area contributed by atoms with E-state index in [0.29, 0.717) is 6.04 Å². The molecule has 0 amide bonds. The number of methoxy groups -OCH3 is 1. The van der Waals surface area contributed by atoms with E-state index in [2.05, 4.69) is 30.0 Å². The summed E-state index contributed by atoms with van der Waals surface area (Å²) in [4.78, 5) is 2.56. The largest absolute Gasteiger partial charge is 0.497 e. The molecule has 2 aliphatic rings. The van der Waals surface area contributed by atoms with Crippen LogP contribution in [0.3, 0.4) is 0 Å². The predicted molar refractivity (Wildman–Crippen MR) is 78.3 cm³/mol. The van der Waals surface area contributed by atoms with Gasteiger partial charge >= 0.3 is 0 Å². The molecule has 1 saturated heterocycles. The molecule has 1 heterocycles. The molecule has 1 fully saturated rings. The minimum absolute atomic E-state index is 0. The van der Waals surface area contributed by atoms with Crippen LogP contribution in [0.2, 0.25) is 0 Å². The van der Waals surface area contributed by atoms with E-state index in [-0.39, 0.29) is 18.5 Å². The van der Waals surface area contributed by atoms with Gasteiger partial charge in [-0.2, -0.15) is 0 Å². The number of aryl methyl sites for hydroxylation is 1. The number of fused-ring (bicyclic) bond motifs is 3. The lowest BCUT2D eigenvalue weighted by Gasteiger charge is -2.44. The number of hydrogen-bond acceptors (Lipinski definition) is 3. The third kappa shape index (κ3) is 2.60. The predicted octanol–water partition coefficient (Wildman–Crippen LogP) is 2.83. The summed E-state index contributed by atoms with van der Waals surface area (Å²) in [5, 5.41) is 0. The first kappa shape index (κ1) is 14.6. The zero-order chi connectivity index (χ0) is 12.5. The minimum Gasteiger partial charge on any atom is -0.497 e. The molecule has 0 bridgehead atoms. The van der Waals surface area contributed by atoms with Crippen LogP contribution in [0.5, 0.6) is 5.75 Å². The summed E-state index contributed by atoms with van der Waals surface area (Å²) in [5.74, 6) is 0.954. The molecule has 106 valence electrons. The highest BCUT2D eigenvalue weighted by Crippen LogP contribution is 2.38. The Bertz CT molecular complexity index is 438. The Morgan fingerprint density at radius 2 is 2.26 bits per heavy atom. The monoisotopic (exact) mass is 283 g/mol. The standard InChI is InChI=1S/C15H21NO2.ClH/c1-3-16-8-9-18-15-13-6-5-12(17-2)10-11(13)4-7-14(15)16;/h5-6,10,14-15H,3-4,7-9H2,1-2H3;1H/t14-,15-;/m1./s1. The second-order valence-electron chi connectivity index (χ2n) is 5.09. The number of halogens is 1. The first-order chi connectivity index (χ1) is 8.83. The van der Waals surface area contributed by atoms with E-state index in [1.165, 1.54) is 17.5 Å². The summed E-state index contributed by atoms with van der Waals surface area (Å²) in [6.45, 7) is 5.28. The number of benzene rings is 1. The summed E-state index contributed by atoms with van der Waals surface area (Å²) >= 11 is 0. The molecule has 0 aromatic heterocycles. The van der Waals surface area contributed by atoms with Gasteiger partial charge in [0.2, 0.25) is 0 Å². The third-order valence-electron chi connectivity index (χ3n) is 4.27. The van der Waals surface area contributed by atoms with Gasteiger partial charge in [0.25, 0.3) is 0 Å². The van der Waals surface area contributed by atoms with Crippen LogP contribution >= 0.6 is 12.4 Å². The number of ether oxygens (including phenoxy) is 2. The lowest BCUT2D eigenvalue weighted by atomic mass is 9.84. The van der Waals surface area contributed by atoms with Gasteiger partial charge in [0, 0.05) is 12.6 Å². The molecule has 3 rings (SSSR count). The van der Waals surface area contributed by atoms with E-state index in [1.807, 2.05) is 0 Å². The van der Waals surface area contributed by atoms with Gasteiger partial charge in [-0.05, 0) is 42.6 Å². The topological polar surface area (TPSA) is 21.7 Å². The average Bonchev–Trinajstić information content (AvgIpc) is 2.45. The maximum absolute atomic E-state index is 6.03. The SMILES string of the molecule is CCN1CCO[C@@H]2c3ccc(OC)cc3CC[C@H]21.Cl. The molecular formula is C15H22ClNO2. The van der Waals surface area contributed by atoms with Gasteiger partial charge in [0.05, 0.1) is 19.8 Å². The Kier molecular flexibility index (Phi) is 4.71. The highest BCUT2D eigenvalue weighted by Gasteiger charge is 2.36. The van der Waals surface area contributed by atoms with Crippen molar-refractivity contribution in [1.82, 2.24) is 4.90 Å². The molecular weight excluding hydrogens is 262 g/mol. The van der Waals surface area contributed by atoms with Crippen molar-refractivity contribution in [1.29, 1.82) is 0 Å². The van der Waals surface area contributed by atoms with Crippen LogP contribution in [-0.4, -0.2) is 37.7 Å². The Balaban J connectivity index is 0.00000133. The van der Waals surface area contributed by atoms with E-state index < -0.39 is 0 Å². The molecule has 1 aliphatic carbocycles. The lowest BCUT2D eigenvalue weighted by Crippen LogP contribution is -2.48. The van der Waals surface area contributed by atoms with Gasteiger partial charge in [-0.1, -0.05) is 13.0 Å². The van der Waals surface area contributed by atoms with Gasteiger partial charge in [0.15, 0.2) is 0 Å². The highest BCUT2D eigenvalue weighted by molar-refractivity contribution is 5.85. The minimum atomic E-state index is 0. The molecule has 0 saturated carbocycles. The average molecular weight is 284 g/mol. The number of likely N-dealkylation sites (N-methyl/N-ethyl adjacent to an activating group) is 1. The van der Waals surface area contributed by atoms with Crippen molar-refractivity contribution in [2.24, 2.45) is 0 Å². The zero-order valence-electron chi connectivity index (χ0n) is 11.6. The first-order valence-electron chi connectivity index (χ1n) is 6.86. The van der Waals surface area contributed by atoms with Gasteiger partial charge < -0.3 is 9.47 Å². The summed E-state index contributed by atoms with van der Waals surface area (Å²) in [5.41, 5.74) is 2.76. The fourth-order valence-corrected chi connectivity index (χ4v) is 3.30. The number of nitrogens with zero attached hydrogens (tertiary/aromatic N) is 1. The van der Waals surface area contributed by atoms with Gasteiger partial charge in [-0.3, -0.25) is 4.90 Å². The van der Waals surface area contributed by atoms with Gasteiger partial charge in [0.1, 0.15) is 5.75 Å². The fraction of sp³-hybridized carbons (Fsp3) is 0.600. The van der Waals surface area contributed by atoms with Gasteiger partial charge in [-0.15, -0.1) is 12.4 Å². The first-order valence-corrected chi connectivity index (χ1v) is 6.86. The summed E-state index contributed by atoms with van der Waals surface area (Å²) in [6.07, 6.45) is 2.58. The van der Waals surface area contributed by atoms with Crippen molar-refractivity contribution < 1.29 is 9.47 Å². The van der Waals surface area contributed by atoms with Crippen molar-refractivity contribution in [2.45, 2.75) is 31.9 Å². The molecule has 1 aromatic carbocycles. The maximum Gasteiger partial charge on any atom is 0.119 e. The smallest absolute Gasteiger partial charge is 0.119 e. The van der Waals surface area contributed by atoms with Crippen LogP contribution in [-0.2, 0) is 11.2 Å². The Hall–Kier alpha value is -0.770. The van der Waals surface area contributed by atoms with E-state index >= 15 is 0 Å². The molecule has 4 heteroatoms. The molecule has 2 atom stereocenters. The van der Waals surface area contributed by atoms with Crippen LogP contribution in [0.15, 0.2) is 18.2 Å². The molecule has 0 radical (unpaired) electrons. The lowest BCUT2D eigenvalue weighted by molar-refractivity contribution is -0.0784. The maximum atomic E-state index is 6.03. The third-order valence-corrected chi connectivity index (χ3v) is 4.27. The van der Waals surface area contributed by atoms with E-state index in [4.69, 9.17) is 9.47 Å². The quantitative estimate of drug-likeness (QED) is 0.833. The van der Waals surface area contributed by atoms with E-state index in [0.717, 1.165) is 31.9 Å². The molecule has 1 aromatic rings. The van der Waals surface area contributed by atoms with Crippen LogP contribution in [0.1, 0.15) is 30.6 Å². The molecule has 0 spiro atoms. The van der Waals surface area contributed by atoms with Crippen LogP contribution in [0.25, 0.3) is 0 Å². The number of rotatable bonds is 2. The second kappa shape index (κ2) is 6.12. The summed E-state index contributed by atoms with van der Waals surface area (Å²) in [6, 6.07) is 6.96. The van der Waals surface area contributed by atoms with Crippen LogP contribution in [0.4, 0.5) is 0 Å².